The second-order valence-corrected chi connectivity index (χ2v) is 5.47. The van der Waals surface area contributed by atoms with E-state index >= 15 is 0 Å². The normalized spacial score (nSPS) is 11.4. The molecule has 1 aromatic carbocycles. The Bertz CT molecular complexity index is 759. The molecule has 0 saturated carbocycles. The summed E-state index contributed by atoms with van der Waals surface area (Å²) in [7, 11) is 2.00. The maximum Gasteiger partial charge on any atom is 0.155 e. The fourth-order valence-corrected chi connectivity index (χ4v) is 2.69. The summed E-state index contributed by atoms with van der Waals surface area (Å²) in [5.41, 5.74) is 5.52. The number of aromatic nitrogens is 4. The van der Waals surface area contributed by atoms with Gasteiger partial charge >= 0.3 is 0 Å². The average Bonchev–Trinajstić information content (AvgIpc) is 3.03. The van der Waals surface area contributed by atoms with Crippen LogP contribution in [0.25, 0.3) is 11.0 Å². The van der Waals surface area contributed by atoms with E-state index in [-0.39, 0.29) is 0 Å². The second kappa shape index (κ2) is 5.87. The molecule has 2 aromatic heterocycles. The molecular weight excluding hydrogens is 286 g/mol. The molecule has 2 heterocycles. The quantitative estimate of drug-likeness (QED) is 0.762. The first-order valence-electron chi connectivity index (χ1n) is 7.01. The number of imidazole rings is 1. The van der Waals surface area contributed by atoms with E-state index in [0.717, 1.165) is 35.3 Å². The number of nitrogens with one attached hydrogen (secondary N) is 2. The maximum atomic E-state index is 6.09. The number of H-pyrrole nitrogens is 1. The van der Waals surface area contributed by atoms with Crippen molar-refractivity contribution in [2.75, 3.05) is 0 Å². The summed E-state index contributed by atoms with van der Waals surface area (Å²) < 4.78 is 2.02. The van der Waals surface area contributed by atoms with Gasteiger partial charge in [-0.15, -0.1) is 0 Å². The van der Waals surface area contributed by atoms with Crippen LogP contribution >= 0.6 is 11.6 Å². The van der Waals surface area contributed by atoms with Crippen LogP contribution in [0.1, 0.15) is 23.7 Å². The molecule has 6 heteroatoms. The average molecular weight is 304 g/mol. The minimum Gasteiger partial charge on any atom is -0.334 e. The number of aryl methyl sites for hydroxylation is 2. The molecule has 0 aliphatic rings. The highest BCUT2D eigenvalue weighted by atomic mass is 35.5. The van der Waals surface area contributed by atoms with Crippen LogP contribution in [-0.2, 0) is 26.6 Å². The SMILES string of the molecule is CCc1[nH]nc(Cl)c1CNCc1ccc2c(c1)ncn2C. The zero-order valence-corrected chi connectivity index (χ0v) is 12.9. The Kier molecular flexibility index (Phi) is 3.94. The molecule has 0 unspecified atom stereocenters. The van der Waals surface area contributed by atoms with E-state index in [1.54, 1.807) is 0 Å². The highest BCUT2D eigenvalue weighted by Crippen LogP contribution is 2.17. The summed E-state index contributed by atoms with van der Waals surface area (Å²) in [5, 5.41) is 11.0. The van der Waals surface area contributed by atoms with Gasteiger partial charge in [0.15, 0.2) is 5.15 Å². The number of hydrogen-bond acceptors (Lipinski definition) is 3. The van der Waals surface area contributed by atoms with Crippen molar-refractivity contribution in [3.8, 4) is 0 Å². The van der Waals surface area contributed by atoms with Crippen molar-refractivity contribution < 1.29 is 0 Å². The fourth-order valence-electron chi connectivity index (χ4n) is 2.47. The monoisotopic (exact) mass is 303 g/mol. The van der Waals surface area contributed by atoms with E-state index in [1.807, 2.05) is 17.9 Å². The van der Waals surface area contributed by atoms with Crippen molar-refractivity contribution in [2.45, 2.75) is 26.4 Å². The molecular formula is C15H18ClN5. The molecule has 0 fully saturated rings. The Hall–Kier alpha value is -1.85. The van der Waals surface area contributed by atoms with E-state index in [1.165, 1.54) is 5.56 Å². The molecule has 3 rings (SSSR count). The van der Waals surface area contributed by atoms with Crippen LogP contribution < -0.4 is 5.32 Å². The van der Waals surface area contributed by atoms with Gasteiger partial charge in [-0.2, -0.15) is 5.10 Å². The highest BCUT2D eigenvalue weighted by Gasteiger charge is 2.09. The first-order chi connectivity index (χ1) is 10.2. The van der Waals surface area contributed by atoms with Gasteiger partial charge in [-0.05, 0) is 24.1 Å². The van der Waals surface area contributed by atoms with Crippen molar-refractivity contribution in [2.24, 2.45) is 7.05 Å². The Morgan fingerprint density at radius 1 is 1.33 bits per heavy atom. The van der Waals surface area contributed by atoms with Crippen LogP contribution in [0.4, 0.5) is 0 Å². The minimum absolute atomic E-state index is 0.555. The van der Waals surface area contributed by atoms with Gasteiger partial charge in [0.1, 0.15) is 0 Å². The lowest BCUT2D eigenvalue weighted by atomic mass is 10.2. The molecule has 0 radical (unpaired) electrons. The molecule has 0 amide bonds. The smallest absolute Gasteiger partial charge is 0.155 e. The molecule has 3 aromatic rings. The number of benzene rings is 1. The maximum absolute atomic E-state index is 6.09. The zero-order chi connectivity index (χ0) is 14.8. The van der Waals surface area contributed by atoms with Crippen molar-refractivity contribution in [3.05, 3.63) is 46.5 Å². The fraction of sp³-hybridized carbons (Fsp3) is 0.333. The largest absolute Gasteiger partial charge is 0.334 e. The van der Waals surface area contributed by atoms with Gasteiger partial charge in [0.2, 0.25) is 0 Å². The van der Waals surface area contributed by atoms with Crippen LogP contribution in [0.3, 0.4) is 0 Å². The third-order valence-electron chi connectivity index (χ3n) is 3.68. The van der Waals surface area contributed by atoms with Crippen molar-refractivity contribution in [3.63, 3.8) is 0 Å². The molecule has 0 bridgehead atoms. The zero-order valence-electron chi connectivity index (χ0n) is 12.2. The van der Waals surface area contributed by atoms with Crippen LogP contribution in [0, 0.1) is 0 Å². The first-order valence-corrected chi connectivity index (χ1v) is 7.39. The molecule has 0 aliphatic heterocycles. The van der Waals surface area contributed by atoms with E-state index in [9.17, 15) is 0 Å². The minimum atomic E-state index is 0.555. The lowest BCUT2D eigenvalue weighted by molar-refractivity contribution is 0.689. The molecule has 0 spiro atoms. The van der Waals surface area contributed by atoms with Crippen LogP contribution in [0.2, 0.25) is 5.15 Å². The lowest BCUT2D eigenvalue weighted by Gasteiger charge is -2.06. The van der Waals surface area contributed by atoms with Gasteiger partial charge in [0.05, 0.1) is 17.4 Å². The molecule has 0 saturated heterocycles. The summed E-state index contributed by atoms with van der Waals surface area (Å²) in [6.07, 6.45) is 2.73. The topological polar surface area (TPSA) is 58.5 Å². The van der Waals surface area contributed by atoms with Gasteiger partial charge in [0.25, 0.3) is 0 Å². The van der Waals surface area contributed by atoms with Crippen LogP contribution in [0.5, 0.6) is 0 Å². The van der Waals surface area contributed by atoms with E-state index in [4.69, 9.17) is 11.6 Å². The lowest BCUT2D eigenvalue weighted by Crippen LogP contribution is -2.13. The third-order valence-corrected chi connectivity index (χ3v) is 3.99. The van der Waals surface area contributed by atoms with Crippen molar-refractivity contribution in [1.82, 2.24) is 25.1 Å². The summed E-state index contributed by atoms with van der Waals surface area (Å²) in [6, 6.07) is 6.33. The van der Waals surface area contributed by atoms with Crippen LogP contribution in [-0.4, -0.2) is 19.7 Å². The predicted molar refractivity (Wildman–Crippen MR) is 84.2 cm³/mol. The van der Waals surface area contributed by atoms with Crippen molar-refractivity contribution in [1.29, 1.82) is 0 Å². The summed E-state index contributed by atoms with van der Waals surface area (Å²) in [5.74, 6) is 0. The molecule has 2 N–H and O–H groups in total. The summed E-state index contributed by atoms with van der Waals surface area (Å²) in [6.45, 7) is 3.57. The summed E-state index contributed by atoms with van der Waals surface area (Å²) in [4.78, 5) is 4.38. The Morgan fingerprint density at radius 2 is 2.19 bits per heavy atom. The van der Waals surface area contributed by atoms with Gasteiger partial charge in [-0.25, -0.2) is 4.98 Å². The number of halogens is 1. The molecule has 0 aliphatic carbocycles. The summed E-state index contributed by atoms with van der Waals surface area (Å²) >= 11 is 6.09. The number of fused-ring (bicyclic) bond motifs is 1. The standard InChI is InChI=1S/C15H18ClN5/c1-3-12-11(15(16)20-19-12)8-17-7-10-4-5-14-13(6-10)18-9-21(14)2/h4-6,9,17H,3,7-8H2,1-2H3,(H,19,20). The highest BCUT2D eigenvalue weighted by molar-refractivity contribution is 6.30. The predicted octanol–water partition coefficient (Wildman–Crippen LogP) is 2.80. The van der Waals surface area contributed by atoms with Gasteiger partial charge in [-0.1, -0.05) is 24.6 Å². The van der Waals surface area contributed by atoms with E-state index in [0.29, 0.717) is 11.7 Å². The van der Waals surface area contributed by atoms with Gasteiger partial charge < -0.3 is 9.88 Å². The molecule has 110 valence electrons. The molecule has 21 heavy (non-hydrogen) atoms. The first kappa shape index (κ1) is 14.1. The third kappa shape index (κ3) is 2.80. The number of rotatable bonds is 5. The van der Waals surface area contributed by atoms with Gasteiger partial charge in [-0.3, -0.25) is 5.10 Å². The Labute approximate surface area is 128 Å². The molecule has 5 nitrogen and oxygen atoms in total. The second-order valence-electron chi connectivity index (χ2n) is 5.11. The Balaban J connectivity index is 1.67. The van der Waals surface area contributed by atoms with Crippen molar-refractivity contribution >= 4 is 22.6 Å². The van der Waals surface area contributed by atoms with Gasteiger partial charge in [0, 0.05) is 31.4 Å². The number of nitrogens with zero attached hydrogens (tertiary/aromatic N) is 3. The van der Waals surface area contributed by atoms with E-state index in [2.05, 4.69) is 45.6 Å². The van der Waals surface area contributed by atoms with E-state index < -0.39 is 0 Å². The number of hydrogen-bond donors (Lipinski definition) is 2. The Morgan fingerprint density at radius 3 is 3.00 bits per heavy atom. The van der Waals surface area contributed by atoms with Crippen LogP contribution in [0.15, 0.2) is 24.5 Å². The number of aromatic amines is 1. The molecule has 0 atom stereocenters.